The van der Waals surface area contributed by atoms with Crippen LogP contribution in [0.5, 0.6) is 0 Å². The van der Waals surface area contributed by atoms with Gasteiger partial charge in [0.05, 0.1) is 18.3 Å². The summed E-state index contributed by atoms with van der Waals surface area (Å²) in [6.45, 7) is -0.0398. The molecule has 1 heterocycles. The topological polar surface area (TPSA) is 75.7 Å². The minimum Gasteiger partial charge on any atom is -0.462 e. The summed E-state index contributed by atoms with van der Waals surface area (Å²) >= 11 is 2.94. The van der Waals surface area contributed by atoms with Crippen molar-refractivity contribution in [2.45, 2.75) is 0 Å². The van der Waals surface area contributed by atoms with Crippen LogP contribution >= 0.6 is 15.9 Å². The van der Waals surface area contributed by atoms with Gasteiger partial charge >= 0.3 is 11.9 Å². The third-order valence-electron chi connectivity index (χ3n) is 1.52. The number of nitrogens with one attached hydrogen (secondary N) is 1. The number of ether oxygens (including phenoxy) is 1. The van der Waals surface area contributed by atoms with Crippen molar-refractivity contribution in [2.75, 3.05) is 13.8 Å². The highest BCUT2D eigenvalue weighted by Crippen LogP contribution is 2.10. The van der Waals surface area contributed by atoms with E-state index in [1.54, 1.807) is 0 Å². The van der Waals surface area contributed by atoms with Gasteiger partial charge in [0.1, 0.15) is 0 Å². The second-order valence-corrected chi connectivity index (χ2v) is 3.26. The van der Waals surface area contributed by atoms with Gasteiger partial charge in [-0.25, -0.2) is 4.79 Å². The number of carbonyl (C=O) groups is 3. The molecule has 0 aromatic heterocycles. The highest BCUT2D eigenvalue weighted by Gasteiger charge is 2.25. The Morgan fingerprint density at radius 3 is 2.79 bits per heavy atom. The fourth-order valence-electron chi connectivity index (χ4n) is 0.817. The van der Waals surface area contributed by atoms with Gasteiger partial charge in [-0.15, -0.1) is 0 Å². The van der Waals surface area contributed by atoms with Crippen LogP contribution < -0.4 is 5.32 Å². The van der Waals surface area contributed by atoms with E-state index in [0.717, 1.165) is 12.0 Å². The van der Waals surface area contributed by atoms with Gasteiger partial charge < -0.3 is 10.1 Å². The quantitative estimate of drug-likeness (QED) is 0.463. The fourth-order valence-corrected chi connectivity index (χ4v) is 1.20. The van der Waals surface area contributed by atoms with Crippen LogP contribution in [0.1, 0.15) is 0 Å². The molecule has 0 saturated carbocycles. The minimum absolute atomic E-state index is 0.0398. The smallest absolute Gasteiger partial charge is 0.397 e. The summed E-state index contributed by atoms with van der Waals surface area (Å²) in [4.78, 5) is 34.0. The van der Waals surface area contributed by atoms with E-state index in [1.165, 1.54) is 6.20 Å². The lowest BCUT2D eigenvalue weighted by Gasteiger charge is -2.22. The molecule has 0 radical (unpaired) electrons. The monoisotopic (exact) mass is 262 g/mol. The van der Waals surface area contributed by atoms with Gasteiger partial charge in [0.2, 0.25) is 0 Å². The maximum atomic E-state index is 11.2. The SMILES string of the molecule is COC(=O)C(=O)N1C=C(Br)C(=O)NC1. The minimum atomic E-state index is -0.974. The molecule has 0 aromatic rings. The summed E-state index contributed by atoms with van der Waals surface area (Å²) in [5, 5.41) is 2.38. The molecule has 0 bridgehead atoms. The van der Waals surface area contributed by atoms with Crippen LogP contribution in [0.4, 0.5) is 0 Å². The van der Waals surface area contributed by atoms with Crippen LogP contribution in [0, 0.1) is 0 Å². The van der Waals surface area contributed by atoms with Gasteiger partial charge in [-0.3, -0.25) is 14.5 Å². The Hall–Kier alpha value is -1.37. The third kappa shape index (κ3) is 2.11. The van der Waals surface area contributed by atoms with E-state index in [9.17, 15) is 14.4 Å². The molecule has 1 N–H and O–H groups in total. The molecule has 1 rings (SSSR count). The van der Waals surface area contributed by atoms with Gasteiger partial charge in [-0.2, -0.15) is 0 Å². The number of rotatable bonds is 0. The number of halogens is 1. The van der Waals surface area contributed by atoms with E-state index in [2.05, 4.69) is 26.0 Å². The third-order valence-corrected chi connectivity index (χ3v) is 2.08. The van der Waals surface area contributed by atoms with E-state index in [0.29, 0.717) is 0 Å². The molecule has 0 aromatic carbocycles. The van der Waals surface area contributed by atoms with Gasteiger partial charge in [-0.1, -0.05) is 0 Å². The molecule has 6 nitrogen and oxygen atoms in total. The maximum Gasteiger partial charge on any atom is 0.397 e. The number of carbonyl (C=O) groups excluding carboxylic acids is 3. The van der Waals surface area contributed by atoms with Gasteiger partial charge in [0, 0.05) is 6.20 Å². The molecule has 0 fully saturated rings. The van der Waals surface area contributed by atoms with Gasteiger partial charge in [0.15, 0.2) is 0 Å². The molecule has 2 amide bonds. The average molecular weight is 263 g/mol. The number of methoxy groups -OCH3 is 1. The summed E-state index contributed by atoms with van der Waals surface area (Å²) in [7, 11) is 1.11. The Balaban J connectivity index is 2.77. The number of hydrogen-bond donors (Lipinski definition) is 1. The van der Waals surface area contributed by atoms with Crippen molar-refractivity contribution >= 4 is 33.7 Å². The van der Waals surface area contributed by atoms with Gasteiger partial charge in [-0.05, 0) is 15.9 Å². The Morgan fingerprint density at radius 1 is 1.64 bits per heavy atom. The zero-order chi connectivity index (χ0) is 10.7. The van der Waals surface area contributed by atoms with Crippen LogP contribution in [0.15, 0.2) is 10.7 Å². The summed E-state index contributed by atoms with van der Waals surface area (Å²) in [6, 6.07) is 0. The first-order valence-corrected chi connectivity index (χ1v) is 4.40. The fraction of sp³-hybridized carbons (Fsp3) is 0.286. The number of hydrogen-bond acceptors (Lipinski definition) is 4. The predicted octanol–water partition coefficient (Wildman–Crippen LogP) is -0.688. The largest absolute Gasteiger partial charge is 0.462 e. The molecule has 1 aliphatic heterocycles. The second-order valence-electron chi connectivity index (χ2n) is 2.41. The van der Waals surface area contributed by atoms with Crippen molar-refractivity contribution in [3.8, 4) is 0 Å². The Morgan fingerprint density at radius 2 is 2.29 bits per heavy atom. The second kappa shape index (κ2) is 4.23. The molecule has 14 heavy (non-hydrogen) atoms. The van der Waals surface area contributed by atoms with E-state index in [-0.39, 0.29) is 17.1 Å². The number of amides is 2. The number of esters is 1. The van der Waals surface area contributed by atoms with Crippen LogP contribution in [0.2, 0.25) is 0 Å². The molecule has 0 atom stereocenters. The lowest BCUT2D eigenvalue weighted by molar-refractivity contribution is -0.157. The standard InChI is InChI=1S/C7H7BrN2O4/c1-14-7(13)6(12)10-2-4(8)5(11)9-3-10/h2H,3H2,1H3,(H,9,11). The molecule has 0 aliphatic carbocycles. The summed E-state index contributed by atoms with van der Waals surface area (Å²) in [5.74, 6) is -2.14. The zero-order valence-corrected chi connectivity index (χ0v) is 8.83. The van der Waals surface area contributed by atoms with Crippen molar-refractivity contribution in [3.05, 3.63) is 10.7 Å². The molecule has 0 unspecified atom stereocenters. The normalized spacial score (nSPS) is 15.7. The van der Waals surface area contributed by atoms with Crippen molar-refractivity contribution in [2.24, 2.45) is 0 Å². The summed E-state index contributed by atoms with van der Waals surface area (Å²) < 4.78 is 4.42. The molecule has 76 valence electrons. The summed E-state index contributed by atoms with van der Waals surface area (Å²) in [6.07, 6.45) is 1.23. The van der Waals surface area contributed by atoms with E-state index >= 15 is 0 Å². The molecule has 0 spiro atoms. The van der Waals surface area contributed by atoms with Crippen LogP contribution in [0.25, 0.3) is 0 Å². The average Bonchev–Trinajstić information content (AvgIpc) is 2.20. The van der Waals surface area contributed by atoms with Gasteiger partial charge in [0.25, 0.3) is 5.91 Å². The molecule has 7 heteroatoms. The highest BCUT2D eigenvalue weighted by atomic mass is 79.9. The lowest BCUT2D eigenvalue weighted by atomic mass is 10.4. The van der Waals surface area contributed by atoms with Crippen molar-refractivity contribution < 1.29 is 19.1 Å². The molecular weight excluding hydrogens is 256 g/mol. The Labute approximate surface area is 88.0 Å². The van der Waals surface area contributed by atoms with Crippen molar-refractivity contribution in [1.29, 1.82) is 0 Å². The number of nitrogens with zero attached hydrogens (tertiary/aromatic N) is 1. The summed E-state index contributed by atoms with van der Waals surface area (Å²) in [5.41, 5.74) is 0. The van der Waals surface area contributed by atoms with Crippen LogP contribution in [-0.2, 0) is 19.1 Å². The van der Waals surface area contributed by atoms with E-state index < -0.39 is 11.9 Å². The first-order valence-electron chi connectivity index (χ1n) is 3.60. The first-order chi connectivity index (χ1) is 6.56. The van der Waals surface area contributed by atoms with E-state index in [1.807, 2.05) is 0 Å². The Kier molecular flexibility index (Phi) is 3.23. The van der Waals surface area contributed by atoms with E-state index in [4.69, 9.17) is 0 Å². The molecule has 1 aliphatic rings. The molecule has 0 saturated heterocycles. The van der Waals surface area contributed by atoms with Crippen LogP contribution in [0.3, 0.4) is 0 Å². The Bertz CT molecular complexity index is 326. The first kappa shape index (κ1) is 10.7. The predicted molar refractivity (Wildman–Crippen MR) is 48.9 cm³/mol. The van der Waals surface area contributed by atoms with Crippen molar-refractivity contribution in [3.63, 3.8) is 0 Å². The zero-order valence-electron chi connectivity index (χ0n) is 7.24. The van der Waals surface area contributed by atoms with Crippen molar-refractivity contribution in [1.82, 2.24) is 10.2 Å². The molecular formula is C7H7BrN2O4. The van der Waals surface area contributed by atoms with Crippen LogP contribution in [-0.4, -0.2) is 36.5 Å². The highest BCUT2D eigenvalue weighted by molar-refractivity contribution is 9.12. The maximum absolute atomic E-state index is 11.2. The lowest BCUT2D eigenvalue weighted by Crippen LogP contribution is -2.45.